The molecule has 2 N–H and O–H groups in total. The summed E-state index contributed by atoms with van der Waals surface area (Å²) in [6.07, 6.45) is 1.51. The summed E-state index contributed by atoms with van der Waals surface area (Å²) in [6.45, 7) is 0.0387. The van der Waals surface area contributed by atoms with Crippen molar-refractivity contribution in [1.29, 1.82) is 0 Å². The molecular formula is C12H15NO2. The van der Waals surface area contributed by atoms with Crippen LogP contribution in [-0.2, 0) is 11.2 Å². The van der Waals surface area contributed by atoms with Crippen LogP contribution in [0.3, 0.4) is 0 Å². The molecule has 1 fully saturated rings. The monoisotopic (exact) mass is 205 g/mol. The average molecular weight is 205 g/mol. The van der Waals surface area contributed by atoms with Crippen molar-refractivity contribution in [2.45, 2.75) is 18.9 Å². The summed E-state index contributed by atoms with van der Waals surface area (Å²) in [7, 11) is 0. The molecule has 0 saturated carbocycles. The van der Waals surface area contributed by atoms with Crippen LogP contribution >= 0.6 is 0 Å². The highest BCUT2D eigenvalue weighted by Crippen LogP contribution is 2.19. The minimum Gasteiger partial charge on any atom is -0.394 e. The molecule has 3 nitrogen and oxygen atoms in total. The molecule has 2 rings (SSSR count). The molecular weight excluding hydrogens is 190 g/mol. The third-order valence-electron chi connectivity index (χ3n) is 2.83. The number of carbonyl (C=O) groups excluding carboxylic acids is 1. The molecule has 1 aliphatic rings. The summed E-state index contributed by atoms with van der Waals surface area (Å²) in [5.41, 5.74) is 1.18. The van der Waals surface area contributed by atoms with Crippen molar-refractivity contribution in [3.63, 3.8) is 0 Å². The lowest BCUT2D eigenvalue weighted by Crippen LogP contribution is -2.29. The zero-order valence-corrected chi connectivity index (χ0v) is 8.52. The van der Waals surface area contributed by atoms with E-state index >= 15 is 0 Å². The lowest BCUT2D eigenvalue weighted by atomic mass is 9.96. The van der Waals surface area contributed by atoms with Gasteiger partial charge in [0, 0.05) is 5.92 Å². The van der Waals surface area contributed by atoms with E-state index in [9.17, 15) is 4.79 Å². The molecule has 0 aliphatic carbocycles. The van der Waals surface area contributed by atoms with Gasteiger partial charge in [0.05, 0.1) is 12.6 Å². The second-order valence-corrected chi connectivity index (χ2v) is 4.01. The van der Waals surface area contributed by atoms with Gasteiger partial charge in [0.1, 0.15) is 0 Å². The van der Waals surface area contributed by atoms with Crippen molar-refractivity contribution in [3.05, 3.63) is 35.9 Å². The normalized spacial score (nSPS) is 25.3. The van der Waals surface area contributed by atoms with Crippen LogP contribution in [0.2, 0.25) is 0 Å². The Labute approximate surface area is 89.1 Å². The molecule has 15 heavy (non-hydrogen) atoms. The number of aliphatic hydroxyl groups is 1. The maximum absolute atomic E-state index is 11.5. The Morgan fingerprint density at radius 3 is 2.67 bits per heavy atom. The highest BCUT2D eigenvalue weighted by molar-refractivity contribution is 5.81. The highest BCUT2D eigenvalue weighted by Gasteiger charge is 2.31. The van der Waals surface area contributed by atoms with Gasteiger partial charge >= 0.3 is 0 Å². The molecule has 1 aromatic rings. The van der Waals surface area contributed by atoms with Gasteiger partial charge in [0.2, 0.25) is 5.91 Å². The third-order valence-corrected chi connectivity index (χ3v) is 2.83. The fourth-order valence-electron chi connectivity index (χ4n) is 2.02. The summed E-state index contributed by atoms with van der Waals surface area (Å²) in [4.78, 5) is 11.5. The minimum absolute atomic E-state index is 0.0181. The molecule has 1 saturated heterocycles. The Hall–Kier alpha value is -1.35. The Kier molecular flexibility index (Phi) is 3.02. The standard InChI is InChI=1S/C12H15NO2/c14-8-11-7-10(12(15)13-11)6-9-4-2-1-3-5-9/h1-5,10-11,14H,6-8H2,(H,13,15)/t10-,11+/m1/s1. The van der Waals surface area contributed by atoms with Gasteiger partial charge in [-0.1, -0.05) is 30.3 Å². The first kappa shape index (κ1) is 10.2. The van der Waals surface area contributed by atoms with Crippen LogP contribution in [0.15, 0.2) is 30.3 Å². The van der Waals surface area contributed by atoms with E-state index in [0.29, 0.717) is 0 Å². The third kappa shape index (κ3) is 2.36. The van der Waals surface area contributed by atoms with Crippen LogP contribution in [0.5, 0.6) is 0 Å². The van der Waals surface area contributed by atoms with E-state index < -0.39 is 0 Å². The first-order valence-electron chi connectivity index (χ1n) is 5.24. The van der Waals surface area contributed by atoms with Crippen molar-refractivity contribution in [2.24, 2.45) is 5.92 Å². The van der Waals surface area contributed by atoms with Gasteiger partial charge in [-0.15, -0.1) is 0 Å². The molecule has 1 aromatic carbocycles. The van der Waals surface area contributed by atoms with Crippen molar-refractivity contribution in [2.75, 3.05) is 6.61 Å². The first-order valence-corrected chi connectivity index (χ1v) is 5.24. The largest absolute Gasteiger partial charge is 0.394 e. The summed E-state index contributed by atoms with van der Waals surface area (Å²) in [6, 6.07) is 9.93. The van der Waals surface area contributed by atoms with Crippen LogP contribution in [0.4, 0.5) is 0 Å². The van der Waals surface area contributed by atoms with Crippen LogP contribution in [0.1, 0.15) is 12.0 Å². The number of benzene rings is 1. The lowest BCUT2D eigenvalue weighted by Gasteiger charge is -2.06. The van der Waals surface area contributed by atoms with E-state index in [-0.39, 0.29) is 24.5 Å². The molecule has 2 atom stereocenters. The summed E-state index contributed by atoms with van der Waals surface area (Å²) < 4.78 is 0. The van der Waals surface area contributed by atoms with E-state index in [1.807, 2.05) is 30.3 Å². The van der Waals surface area contributed by atoms with Gasteiger partial charge in [0.15, 0.2) is 0 Å². The van der Waals surface area contributed by atoms with Gasteiger partial charge < -0.3 is 10.4 Å². The second kappa shape index (κ2) is 4.45. The number of carbonyl (C=O) groups is 1. The molecule has 1 amide bonds. The number of amides is 1. The summed E-state index contributed by atoms with van der Waals surface area (Å²) in [5, 5.41) is 11.7. The fraction of sp³-hybridized carbons (Fsp3) is 0.417. The van der Waals surface area contributed by atoms with Gasteiger partial charge in [-0.3, -0.25) is 4.79 Å². The molecule has 1 heterocycles. The summed E-state index contributed by atoms with van der Waals surface area (Å²) in [5.74, 6) is 0.0856. The maximum Gasteiger partial charge on any atom is 0.223 e. The highest BCUT2D eigenvalue weighted by atomic mass is 16.3. The van der Waals surface area contributed by atoms with Gasteiger partial charge in [-0.05, 0) is 18.4 Å². The molecule has 80 valence electrons. The predicted octanol–water partition coefficient (Wildman–Crippen LogP) is 0.726. The van der Waals surface area contributed by atoms with Crippen LogP contribution in [0, 0.1) is 5.92 Å². The Morgan fingerprint density at radius 1 is 1.33 bits per heavy atom. The van der Waals surface area contributed by atoms with E-state index in [2.05, 4.69) is 5.32 Å². The average Bonchev–Trinajstić information content (AvgIpc) is 2.61. The molecule has 3 heteroatoms. The number of hydrogen-bond acceptors (Lipinski definition) is 2. The van der Waals surface area contributed by atoms with E-state index in [4.69, 9.17) is 5.11 Å². The molecule has 0 radical (unpaired) electrons. The molecule has 1 aliphatic heterocycles. The van der Waals surface area contributed by atoms with E-state index in [0.717, 1.165) is 12.8 Å². The van der Waals surface area contributed by atoms with E-state index in [1.54, 1.807) is 0 Å². The molecule has 0 spiro atoms. The molecule has 0 unspecified atom stereocenters. The molecule has 0 bridgehead atoms. The minimum atomic E-state index is -0.0498. The number of aliphatic hydroxyl groups excluding tert-OH is 1. The Bertz CT molecular complexity index is 337. The molecule has 0 aromatic heterocycles. The number of rotatable bonds is 3. The van der Waals surface area contributed by atoms with Gasteiger partial charge in [-0.25, -0.2) is 0 Å². The number of nitrogens with one attached hydrogen (secondary N) is 1. The van der Waals surface area contributed by atoms with Crippen molar-refractivity contribution < 1.29 is 9.90 Å². The lowest BCUT2D eigenvalue weighted by molar-refractivity contribution is -0.122. The predicted molar refractivity (Wildman–Crippen MR) is 57.3 cm³/mol. The van der Waals surface area contributed by atoms with E-state index in [1.165, 1.54) is 5.56 Å². The van der Waals surface area contributed by atoms with Crippen molar-refractivity contribution in [1.82, 2.24) is 5.32 Å². The SMILES string of the molecule is O=C1N[C@H](CO)C[C@H]1Cc1ccccc1. The van der Waals surface area contributed by atoms with Gasteiger partial charge in [-0.2, -0.15) is 0 Å². The Balaban J connectivity index is 1.99. The van der Waals surface area contributed by atoms with Crippen LogP contribution in [-0.4, -0.2) is 23.7 Å². The van der Waals surface area contributed by atoms with Gasteiger partial charge in [0.25, 0.3) is 0 Å². The zero-order valence-electron chi connectivity index (χ0n) is 8.52. The van der Waals surface area contributed by atoms with Crippen molar-refractivity contribution >= 4 is 5.91 Å². The maximum atomic E-state index is 11.5. The summed E-state index contributed by atoms with van der Waals surface area (Å²) >= 11 is 0. The van der Waals surface area contributed by atoms with Crippen molar-refractivity contribution in [3.8, 4) is 0 Å². The fourth-order valence-corrected chi connectivity index (χ4v) is 2.02. The Morgan fingerprint density at radius 2 is 2.07 bits per heavy atom. The quantitative estimate of drug-likeness (QED) is 0.764. The second-order valence-electron chi connectivity index (χ2n) is 4.01. The van der Waals surface area contributed by atoms with Crippen LogP contribution in [0.25, 0.3) is 0 Å². The van der Waals surface area contributed by atoms with Crippen LogP contribution < -0.4 is 5.32 Å². The zero-order chi connectivity index (χ0) is 10.7. The number of hydrogen-bond donors (Lipinski definition) is 2. The topological polar surface area (TPSA) is 49.3 Å². The smallest absolute Gasteiger partial charge is 0.223 e. The first-order chi connectivity index (χ1) is 7.29.